The van der Waals surface area contributed by atoms with Crippen LogP contribution in [0.4, 0.5) is 0 Å². The number of ether oxygens (including phenoxy) is 1. The second-order valence-corrected chi connectivity index (χ2v) is 6.10. The van der Waals surface area contributed by atoms with Gasteiger partial charge in [0.2, 0.25) is 0 Å². The Hall–Kier alpha value is -1.09. The maximum Gasteiger partial charge on any atom is 0.137 e. The van der Waals surface area contributed by atoms with Crippen LogP contribution in [-0.4, -0.2) is 17.2 Å². The maximum atomic E-state index is 10.4. The molecule has 0 radical (unpaired) electrons. The van der Waals surface area contributed by atoms with E-state index in [4.69, 9.17) is 4.74 Å². The summed E-state index contributed by atoms with van der Waals surface area (Å²) in [6.07, 6.45) is 7.55. The molecule has 1 N–H and O–H groups in total. The van der Waals surface area contributed by atoms with Crippen LogP contribution in [0.5, 0.6) is 5.75 Å². The van der Waals surface area contributed by atoms with Gasteiger partial charge in [-0.25, -0.2) is 0 Å². The third kappa shape index (κ3) is 3.02. The molecule has 0 aromatic carbocycles. The molecule has 0 bridgehead atoms. The molecule has 1 aliphatic rings. The van der Waals surface area contributed by atoms with Gasteiger partial charge in [-0.2, -0.15) is 0 Å². The van der Waals surface area contributed by atoms with Gasteiger partial charge in [-0.3, -0.25) is 4.98 Å². The van der Waals surface area contributed by atoms with E-state index in [1.807, 2.05) is 6.07 Å². The van der Waals surface area contributed by atoms with Gasteiger partial charge in [0.15, 0.2) is 0 Å². The first-order valence-electron chi connectivity index (χ1n) is 6.69. The number of aliphatic hydroxyl groups excluding tert-OH is 1. The molecule has 0 amide bonds. The van der Waals surface area contributed by atoms with Crippen LogP contribution in [0, 0.1) is 11.3 Å². The van der Waals surface area contributed by atoms with E-state index in [-0.39, 0.29) is 0 Å². The molecule has 1 aromatic heterocycles. The topological polar surface area (TPSA) is 42.4 Å². The lowest BCUT2D eigenvalue weighted by Crippen LogP contribution is -2.25. The number of nitrogens with zero attached hydrogens (tertiary/aromatic N) is 1. The average Bonchev–Trinajstić information content (AvgIpc) is 2.38. The van der Waals surface area contributed by atoms with E-state index in [0.29, 0.717) is 17.1 Å². The quantitative estimate of drug-likeness (QED) is 0.893. The minimum Gasteiger partial charge on any atom is -0.495 e. The van der Waals surface area contributed by atoms with Gasteiger partial charge < -0.3 is 9.84 Å². The van der Waals surface area contributed by atoms with Crippen LogP contribution in [0.1, 0.15) is 51.2 Å². The number of pyridine rings is 1. The molecule has 1 heterocycles. The summed E-state index contributed by atoms with van der Waals surface area (Å²) in [6, 6.07) is 1.89. The minimum absolute atomic E-state index is 0.354. The van der Waals surface area contributed by atoms with Gasteiger partial charge in [0.25, 0.3) is 0 Å². The lowest BCUT2D eigenvalue weighted by atomic mass is 9.71. The van der Waals surface area contributed by atoms with E-state index in [0.717, 1.165) is 18.4 Å². The van der Waals surface area contributed by atoms with E-state index < -0.39 is 6.10 Å². The van der Waals surface area contributed by atoms with Crippen molar-refractivity contribution in [3.05, 3.63) is 24.0 Å². The van der Waals surface area contributed by atoms with Crippen molar-refractivity contribution < 1.29 is 9.84 Å². The van der Waals surface area contributed by atoms with Crippen LogP contribution < -0.4 is 4.74 Å². The second kappa shape index (κ2) is 5.27. The molecule has 1 aliphatic carbocycles. The molecular weight excluding hydrogens is 226 g/mol. The summed E-state index contributed by atoms with van der Waals surface area (Å²) in [5.41, 5.74) is 1.31. The molecule has 1 aromatic rings. The zero-order valence-corrected chi connectivity index (χ0v) is 11.5. The van der Waals surface area contributed by atoms with Gasteiger partial charge >= 0.3 is 0 Å². The first-order chi connectivity index (χ1) is 8.52. The number of hydrogen-bond donors (Lipinski definition) is 1. The highest BCUT2D eigenvalue weighted by molar-refractivity contribution is 5.25. The Balaban J connectivity index is 2.05. The van der Waals surface area contributed by atoms with E-state index in [1.54, 1.807) is 19.5 Å². The van der Waals surface area contributed by atoms with Crippen LogP contribution in [0.2, 0.25) is 0 Å². The molecule has 1 unspecified atom stereocenters. The molecule has 0 spiro atoms. The first-order valence-corrected chi connectivity index (χ1v) is 6.69. The lowest BCUT2D eigenvalue weighted by Gasteiger charge is -2.36. The van der Waals surface area contributed by atoms with Gasteiger partial charge in [0, 0.05) is 11.8 Å². The van der Waals surface area contributed by atoms with Crippen molar-refractivity contribution in [2.45, 2.75) is 45.6 Å². The Kier molecular flexibility index (Phi) is 3.91. The molecule has 1 saturated carbocycles. The highest BCUT2D eigenvalue weighted by atomic mass is 16.5. The number of rotatable bonds is 3. The van der Waals surface area contributed by atoms with Crippen molar-refractivity contribution in [3.8, 4) is 5.75 Å². The van der Waals surface area contributed by atoms with Crippen molar-refractivity contribution in [1.82, 2.24) is 4.98 Å². The molecule has 3 nitrogen and oxygen atoms in total. The van der Waals surface area contributed by atoms with Crippen molar-refractivity contribution in [2.75, 3.05) is 7.11 Å². The predicted octanol–water partition coefficient (Wildman–Crippen LogP) is 3.34. The SMILES string of the molecule is COc1cncc(C(O)C2CCC(C)(C)CC2)c1. The van der Waals surface area contributed by atoms with E-state index in [9.17, 15) is 5.11 Å². The Morgan fingerprint density at radius 1 is 1.33 bits per heavy atom. The maximum absolute atomic E-state index is 10.4. The van der Waals surface area contributed by atoms with Crippen LogP contribution in [0.25, 0.3) is 0 Å². The number of aromatic nitrogens is 1. The fourth-order valence-electron chi connectivity index (χ4n) is 2.72. The molecule has 0 aliphatic heterocycles. The Morgan fingerprint density at radius 3 is 2.61 bits per heavy atom. The number of methoxy groups -OCH3 is 1. The molecule has 2 rings (SSSR count). The Labute approximate surface area is 109 Å². The highest BCUT2D eigenvalue weighted by Crippen LogP contribution is 2.42. The molecule has 1 fully saturated rings. The Morgan fingerprint density at radius 2 is 2.00 bits per heavy atom. The fraction of sp³-hybridized carbons (Fsp3) is 0.667. The third-order valence-electron chi connectivity index (χ3n) is 4.14. The van der Waals surface area contributed by atoms with E-state index in [2.05, 4.69) is 18.8 Å². The second-order valence-electron chi connectivity index (χ2n) is 6.10. The lowest BCUT2D eigenvalue weighted by molar-refractivity contribution is 0.0563. The minimum atomic E-state index is -0.413. The van der Waals surface area contributed by atoms with Crippen LogP contribution >= 0.6 is 0 Å². The summed E-state index contributed by atoms with van der Waals surface area (Å²) in [7, 11) is 1.62. The summed E-state index contributed by atoms with van der Waals surface area (Å²) in [5.74, 6) is 1.06. The smallest absolute Gasteiger partial charge is 0.137 e. The summed E-state index contributed by atoms with van der Waals surface area (Å²) in [4.78, 5) is 4.11. The van der Waals surface area contributed by atoms with Crippen LogP contribution in [-0.2, 0) is 0 Å². The van der Waals surface area contributed by atoms with Crippen LogP contribution in [0.15, 0.2) is 18.5 Å². The van der Waals surface area contributed by atoms with Gasteiger partial charge in [0.05, 0.1) is 19.4 Å². The predicted molar refractivity (Wildman–Crippen MR) is 71.5 cm³/mol. The van der Waals surface area contributed by atoms with E-state index >= 15 is 0 Å². The highest BCUT2D eigenvalue weighted by Gasteiger charge is 2.31. The number of hydrogen-bond acceptors (Lipinski definition) is 3. The first kappa shape index (κ1) is 13.3. The molecule has 1 atom stereocenters. The van der Waals surface area contributed by atoms with Crippen molar-refractivity contribution in [2.24, 2.45) is 11.3 Å². The zero-order chi connectivity index (χ0) is 13.2. The van der Waals surface area contributed by atoms with Crippen molar-refractivity contribution in [1.29, 1.82) is 0 Å². The van der Waals surface area contributed by atoms with Gasteiger partial charge in [-0.15, -0.1) is 0 Å². The summed E-state index contributed by atoms with van der Waals surface area (Å²) < 4.78 is 5.15. The Bertz CT molecular complexity index is 393. The molecule has 18 heavy (non-hydrogen) atoms. The summed E-state index contributed by atoms with van der Waals surface area (Å²) in [5, 5.41) is 10.4. The average molecular weight is 249 g/mol. The normalized spacial score (nSPS) is 21.6. The molecular formula is C15H23NO2. The molecule has 0 saturated heterocycles. The largest absolute Gasteiger partial charge is 0.495 e. The monoisotopic (exact) mass is 249 g/mol. The van der Waals surface area contributed by atoms with Gasteiger partial charge in [-0.1, -0.05) is 13.8 Å². The molecule has 3 heteroatoms. The van der Waals surface area contributed by atoms with Crippen LogP contribution in [0.3, 0.4) is 0 Å². The summed E-state index contributed by atoms with van der Waals surface area (Å²) >= 11 is 0. The zero-order valence-electron chi connectivity index (χ0n) is 11.5. The third-order valence-corrected chi connectivity index (χ3v) is 4.14. The van der Waals surface area contributed by atoms with Crippen molar-refractivity contribution >= 4 is 0 Å². The van der Waals surface area contributed by atoms with Gasteiger partial charge in [0.1, 0.15) is 5.75 Å². The molecule has 100 valence electrons. The van der Waals surface area contributed by atoms with E-state index in [1.165, 1.54) is 12.8 Å². The summed E-state index contributed by atoms with van der Waals surface area (Å²) in [6.45, 7) is 4.62. The van der Waals surface area contributed by atoms with Gasteiger partial charge in [-0.05, 0) is 43.1 Å². The fourth-order valence-corrected chi connectivity index (χ4v) is 2.72. The number of aliphatic hydroxyl groups is 1. The van der Waals surface area contributed by atoms with Crippen molar-refractivity contribution in [3.63, 3.8) is 0 Å². The standard InChI is InChI=1S/C15H23NO2/c1-15(2)6-4-11(5-7-15)14(17)12-8-13(18-3)10-16-9-12/h8-11,14,17H,4-7H2,1-3H3.